The summed E-state index contributed by atoms with van der Waals surface area (Å²) in [6.45, 7) is 10.2. The molecule has 0 aliphatic carbocycles. The number of thioether (sulfide) groups is 2. The molecule has 0 aromatic heterocycles. The predicted octanol–water partition coefficient (Wildman–Crippen LogP) is 6.49. The van der Waals surface area contributed by atoms with Crippen LogP contribution in [-0.2, 0) is 10.8 Å². The molecule has 0 atom stereocenters. The lowest BCUT2D eigenvalue weighted by molar-refractivity contribution is 0.251. The average Bonchev–Trinajstić information content (AvgIpc) is 3.04. The van der Waals surface area contributed by atoms with Gasteiger partial charge in [-0.25, -0.2) is 0 Å². The summed E-state index contributed by atoms with van der Waals surface area (Å²) in [5.74, 6) is 2.28. The molecule has 1 aliphatic rings. The van der Waals surface area contributed by atoms with Gasteiger partial charge in [0.25, 0.3) is 0 Å². The molecule has 0 amide bonds. The van der Waals surface area contributed by atoms with E-state index in [0.29, 0.717) is 10.0 Å². The van der Waals surface area contributed by atoms with Crippen molar-refractivity contribution in [2.24, 2.45) is 0 Å². The molecule has 1 saturated heterocycles. The first kappa shape index (κ1) is 22.9. The van der Waals surface area contributed by atoms with Crippen LogP contribution in [0, 0.1) is 0 Å². The van der Waals surface area contributed by atoms with Gasteiger partial charge in [-0.15, -0.1) is 23.5 Å². The van der Waals surface area contributed by atoms with Gasteiger partial charge < -0.3 is 9.53 Å². The van der Waals surface area contributed by atoms with E-state index in [-0.39, 0.29) is 15.7 Å². The number of aliphatic hydroxyl groups is 1. The van der Waals surface area contributed by atoms with E-state index in [4.69, 9.17) is 27.6 Å². The van der Waals surface area contributed by atoms with E-state index in [2.05, 4.69) is 33.0 Å². The molecule has 2 rings (SSSR count). The van der Waals surface area contributed by atoms with Gasteiger partial charge in [-0.1, -0.05) is 43.1 Å². The molecular formula is C19H30Cl2O2S2Si. The summed E-state index contributed by atoms with van der Waals surface area (Å²) < 4.78 is 6.45. The van der Waals surface area contributed by atoms with Gasteiger partial charge in [0.15, 0.2) is 8.32 Å². The fourth-order valence-corrected chi connectivity index (χ4v) is 8.05. The van der Waals surface area contributed by atoms with Crippen molar-refractivity contribution in [1.29, 1.82) is 0 Å². The van der Waals surface area contributed by atoms with Crippen LogP contribution in [0.1, 0.15) is 32.3 Å². The van der Waals surface area contributed by atoms with Crippen molar-refractivity contribution >= 4 is 55.0 Å². The van der Waals surface area contributed by atoms with Crippen LogP contribution in [0.3, 0.4) is 0 Å². The maximum Gasteiger partial charge on any atom is 0.192 e. The molecule has 0 unspecified atom stereocenters. The third kappa shape index (κ3) is 5.82. The Kier molecular flexibility index (Phi) is 8.31. The molecule has 0 spiro atoms. The summed E-state index contributed by atoms with van der Waals surface area (Å²) >= 11 is 16.0. The van der Waals surface area contributed by atoms with E-state index in [9.17, 15) is 5.11 Å². The minimum atomic E-state index is -1.91. The Balaban J connectivity index is 1.89. The highest BCUT2D eigenvalue weighted by atomic mass is 35.5. The number of aliphatic hydroxyl groups excluding tert-OH is 1. The Morgan fingerprint density at radius 1 is 1.19 bits per heavy atom. The Hall–Kier alpha value is 0.637. The van der Waals surface area contributed by atoms with Crippen molar-refractivity contribution in [3.8, 4) is 0 Å². The second kappa shape index (κ2) is 9.42. The van der Waals surface area contributed by atoms with Crippen LogP contribution in [0.25, 0.3) is 0 Å². The summed E-state index contributed by atoms with van der Waals surface area (Å²) in [6, 6.07) is 5.89. The Labute approximate surface area is 177 Å². The number of rotatable bonds is 9. The number of halogens is 2. The van der Waals surface area contributed by atoms with E-state index in [1.165, 1.54) is 5.56 Å². The van der Waals surface area contributed by atoms with Gasteiger partial charge in [0.1, 0.15) is 0 Å². The lowest BCUT2D eigenvalue weighted by Crippen LogP contribution is -2.44. The van der Waals surface area contributed by atoms with Crippen LogP contribution in [0.2, 0.25) is 28.2 Å². The smallest absolute Gasteiger partial charge is 0.192 e. The molecular weight excluding hydrogens is 423 g/mol. The fraction of sp³-hybridized carbons (Fsp3) is 0.684. The van der Waals surface area contributed by atoms with Crippen molar-refractivity contribution in [3.05, 3.63) is 33.8 Å². The molecule has 1 heterocycles. The fourth-order valence-electron chi connectivity index (χ4n) is 3.05. The highest BCUT2D eigenvalue weighted by molar-refractivity contribution is 8.21. The first-order chi connectivity index (χ1) is 12.1. The summed E-state index contributed by atoms with van der Waals surface area (Å²) in [5.41, 5.74) is 1.20. The zero-order valence-corrected chi connectivity index (χ0v) is 20.3. The first-order valence-corrected chi connectivity index (χ1v) is 14.7. The van der Waals surface area contributed by atoms with Gasteiger partial charge in [0.2, 0.25) is 0 Å². The minimum Gasteiger partial charge on any atom is -0.417 e. The SMILES string of the molecule is CC(C)(Cc1ccc(Cl)c(Cl)c1)[Si](C)(C)OCCCC1(CO)SCCS1. The topological polar surface area (TPSA) is 29.5 Å². The van der Waals surface area contributed by atoms with Gasteiger partial charge in [-0.05, 0) is 55.1 Å². The van der Waals surface area contributed by atoms with Gasteiger partial charge in [0.05, 0.1) is 20.7 Å². The van der Waals surface area contributed by atoms with Crippen molar-refractivity contribution < 1.29 is 9.53 Å². The molecule has 1 fully saturated rings. The summed E-state index contributed by atoms with van der Waals surface area (Å²) in [6.07, 6.45) is 2.94. The van der Waals surface area contributed by atoms with Gasteiger partial charge >= 0.3 is 0 Å². The molecule has 2 nitrogen and oxygen atoms in total. The first-order valence-electron chi connectivity index (χ1n) is 9.07. The maximum absolute atomic E-state index is 9.72. The maximum atomic E-state index is 9.72. The van der Waals surface area contributed by atoms with Crippen molar-refractivity contribution in [1.82, 2.24) is 0 Å². The second-order valence-electron chi connectivity index (χ2n) is 8.04. The van der Waals surface area contributed by atoms with E-state index in [0.717, 1.165) is 37.4 Å². The van der Waals surface area contributed by atoms with Crippen molar-refractivity contribution in [2.45, 2.75) is 55.3 Å². The van der Waals surface area contributed by atoms with Gasteiger partial charge in [-0.3, -0.25) is 0 Å². The molecule has 1 N–H and O–H groups in total. The normalized spacial score (nSPS) is 17.7. The Bertz CT molecular complexity index is 605. The second-order valence-corrected chi connectivity index (χ2v) is 16.7. The Morgan fingerprint density at radius 2 is 1.85 bits per heavy atom. The van der Waals surface area contributed by atoms with Crippen molar-refractivity contribution in [2.75, 3.05) is 24.7 Å². The molecule has 1 aromatic rings. The van der Waals surface area contributed by atoms with Gasteiger partial charge in [-0.2, -0.15) is 0 Å². The molecule has 1 aromatic carbocycles. The van der Waals surface area contributed by atoms with E-state index in [1.807, 2.05) is 35.7 Å². The lowest BCUT2D eigenvalue weighted by Gasteiger charge is -2.40. The van der Waals surface area contributed by atoms with Crippen LogP contribution in [0.4, 0.5) is 0 Å². The standard InChI is InChI=1S/C19H30Cl2O2S2Si/c1-18(2,13-15-6-7-16(20)17(21)12-15)26(3,4)23-9-5-8-19(14-22)24-10-11-25-19/h6-7,12,22H,5,8-11,13-14H2,1-4H3. The van der Waals surface area contributed by atoms with Crippen molar-refractivity contribution in [3.63, 3.8) is 0 Å². The number of hydrogen-bond acceptors (Lipinski definition) is 4. The van der Waals surface area contributed by atoms with Crippen LogP contribution in [-0.4, -0.2) is 42.2 Å². The third-order valence-electron chi connectivity index (χ3n) is 5.48. The molecule has 0 saturated carbocycles. The van der Waals surface area contributed by atoms with Gasteiger partial charge in [0, 0.05) is 18.1 Å². The highest BCUT2D eigenvalue weighted by Crippen LogP contribution is 2.47. The zero-order valence-electron chi connectivity index (χ0n) is 16.1. The summed E-state index contributed by atoms with van der Waals surface area (Å²) in [7, 11) is -1.91. The largest absolute Gasteiger partial charge is 0.417 e. The summed E-state index contributed by atoms with van der Waals surface area (Å²) in [4.78, 5) is 0. The van der Waals surface area contributed by atoms with E-state index in [1.54, 1.807) is 0 Å². The monoisotopic (exact) mass is 452 g/mol. The molecule has 0 radical (unpaired) electrons. The molecule has 1 aliphatic heterocycles. The lowest BCUT2D eigenvalue weighted by atomic mass is 10.0. The highest BCUT2D eigenvalue weighted by Gasteiger charge is 2.41. The van der Waals surface area contributed by atoms with E-state index >= 15 is 0 Å². The predicted molar refractivity (Wildman–Crippen MR) is 122 cm³/mol. The van der Waals surface area contributed by atoms with Crippen LogP contribution in [0.15, 0.2) is 18.2 Å². The third-order valence-corrected chi connectivity index (χ3v) is 14.1. The Morgan fingerprint density at radius 3 is 2.42 bits per heavy atom. The average molecular weight is 454 g/mol. The molecule has 26 heavy (non-hydrogen) atoms. The summed E-state index contributed by atoms with van der Waals surface area (Å²) in [5, 5.41) is 11.0. The van der Waals surface area contributed by atoms with Crippen LogP contribution in [0.5, 0.6) is 0 Å². The van der Waals surface area contributed by atoms with E-state index < -0.39 is 8.32 Å². The number of hydrogen-bond donors (Lipinski definition) is 1. The number of benzene rings is 1. The molecule has 148 valence electrons. The molecule has 0 bridgehead atoms. The van der Waals surface area contributed by atoms with Crippen LogP contribution >= 0.6 is 46.7 Å². The quantitative estimate of drug-likeness (QED) is 0.342. The minimum absolute atomic E-state index is 0.00460. The zero-order chi connectivity index (χ0) is 19.4. The van der Waals surface area contributed by atoms with Crippen LogP contribution < -0.4 is 0 Å². The molecule has 7 heteroatoms.